The van der Waals surface area contributed by atoms with E-state index in [4.69, 9.17) is 9.47 Å². The molecular formula is C12H14ClN3O3. The highest BCUT2D eigenvalue weighted by Crippen LogP contribution is 2.40. The zero-order valence-electron chi connectivity index (χ0n) is 10.6. The number of methoxy groups -OCH3 is 2. The van der Waals surface area contributed by atoms with Crippen molar-refractivity contribution in [2.75, 3.05) is 25.7 Å². The summed E-state index contributed by atoms with van der Waals surface area (Å²) in [6.45, 7) is 0.767. The molecule has 0 unspecified atom stereocenters. The molecule has 2 aliphatic rings. The number of aliphatic imine (C=N–C) groups is 1. The molecule has 0 aliphatic carbocycles. The highest BCUT2D eigenvalue weighted by atomic mass is 35.5. The molecular weight excluding hydrogens is 270 g/mol. The van der Waals surface area contributed by atoms with Crippen LogP contribution in [0.3, 0.4) is 0 Å². The van der Waals surface area contributed by atoms with Crippen LogP contribution in [-0.4, -0.2) is 32.6 Å². The third-order valence-corrected chi connectivity index (χ3v) is 3.11. The Labute approximate surface area is 116 Å². The van der Waals surface area contributed by atoms with Crippen LogP contribution in [0.25, 0.3) is 0 Å². The van der Waals surface area contributed by atoms with Crippen LogP contribution in [0, 0.1) is 0 Å². The number of halogens is 1. The quantitative estimate of drug-likeness (QED) is 0.877. The van der Waals surface area contributed by atoms with E-state index in [1.165, 1.54) is 0 Å². The summed E-state index contributed by atoms with van der Waals surface area (Å²) >= 11 is 0. The highest BCUT2D eigenvalue weighted by Gasteiger charge is 2.32. The molecule has 0 atom stereocenters. The van der Waals surface area contributed by atoms with Gasteiger partial charge >= 0.3 is 0 Å². The summed E-state index contributed by atoms with van der Waals surface area (Å²) in [4.78, 5) is 17.6. The fourth-order valence-corrected chi connectivity index (χ4v) is 2.31. The first-order valence-corrected chi connectivity index (χ1v) is 5.60. The van der Waals surface area contributed by atoms with E-state index in [0.29, 0.717) is 30.5 Å². The molecule has 1 saturated heterocycles. The van der Waals surface area contributed by atoms with Crippen molar-refractivity contribution in [2.24, 2.45) is 4.99 Å². The molecule has 2 heterocycles. The summed E-state index contributed by atoms with van der Waals surface area (Å²) in [5, 5.41) is 2.73. The minimum atomic E-state index is -0.0450. The van der Waals surface area contributed by atoms with Gasteiger partial charge in [-0.15, -0.1) is 12.4 Å². The smallest absolute Gasteiger partial charge is 0.246 e. The third-order valence-electron chi connectivity index (χ3n) is 3.11. The molecule has 19 heavy (non-hydrogen) atoms. The summed E-state index contributed by atoms with van der Waals surface area (Å²) in [6.07, 6.45) is 0. The third kappa shape index (κ3) is 1.98. The van der Waals surface area contributed by atoms with Gasteiger partial charge in [0.05, 0.1) is 26.5 Å². The molecule has 0 spiro atoms. The van der Waals surface area contributed by atoms with Crippen molar-refractivity contribution in [3.05, 3.63) is 17.7 Å². The largest absolute Gasteiger partial charge is 0.493 e. The second-order valence-corrected chi connectivity index (χ2v) is 4.07. The Morgan fingerprint density at radius 2 is 2.11 bits per heavy atom. The summed E-state index contributed by atoms with van der Waals surface area (Å²) in [7, 11) is 3.20. The van der Waals surface area contributed by atoms with Crippen molar-refractivity contribution in [3.8, 4) is 11.5 Å². The second kappa shape index (κ2) is 4.97. The lowest BCUT2D eigenvalue weighted by Crippen LogP contribution is -2.33. The summed E-state index contributed by atoms with van der Waals surface area (Å²) < 4.78 is 10.6. The van der Waals surface area contributed by atoms with E-state index in [2.05, 4.69) is 10.3 Å². The number of anilines is 1. The fraction of sp³-hybridized carbons (Fsp3) is 0.333. The van der Waals surface area contributed by atoms with Gasteiger partial charge in [0.2, 0.25) is 11.9 Å². The molecule has 2 aliphatic heterocycles. The summed E-state index contributed by atoms with van der Waals surface area (Å²) in [6, 6.07) is 3.76. The topological polar surface area (TPSA) is 63.2 Å². The number of carbonyl (C=O) groups is 1. The molecule has 1 fully saturated rings. The van der Waals surface area contributed by atoms with Crippen LogP contribution in [0.2, 0.25) is 0 Å². The number of carbonyl (C=O) groups excluding carboxylic acids is 1. The zero-order valence-corrected chi connectivity index (χ0v) is 11.4. The number of amides is 1. The molecule has 102 valence electrons. The number of benzene rings is 1. The Morgan fingerprint density at radius 3 is 2.79 bits per heavy atom. The van der Waals surface area contributed by atoms with Crippen molar-refractivity contribution in [1.82, 2.24) is 5.32 Å². The highest BCUT2D eigenvalue weighted by molar-refractivity contribution is 6.15. The van der Waals surface area contributed by atoms with E-state index in [0.717, 1.165) is 11.3 Å². The monoisotopic (exact) mass is 283 g/mol. The van der Waals surface area contributed by atoms with Gasteiger partial charge in [0.15, 0.2) is 11.5 Å². The molecule has 6 nitrogen and oxygen atoms in total. The van der Waals surface area contributed by atoms with Crippen molar-refractivity contribution >= 4 is 30.0 Å². The first kappa shape index (κ1) is 13.5. The zero-order chi connectivity index (χ0) is 12.7. The molecule has 1 aromatic rings. The standard InChI is InChI=1S/C12H13N3O3.ClH/c1-17-9-4-3-8-7(11(9)18-2)5-13-12-14-10(16)6-15(8)12;/h3-4H,5-6H2,1-2H3,(H,13,14,16);1H. The second-order valence-electron chi connectivity index (χ2n) is 4.07. The molecule has 0 radical (unpaired) electrons. The van der Waals surface area contributed by atoms with E-state index in [-0.39, 0.29) is 18.3 Å². The lowest BCUT2D eigenvalue weighted by molar-refractivity contribution is -0.117. The maximum absolute atomic E-state index is 11.4. The van der Waals surface area contributed by atoms with Crippen molar-refractivity contribution in [3.63, 3.8) is 0 Å². The molecule has 0 saturated carbocycles. The number of nitrogens with zero attached hydrogens (tertiary/aromatic N) is 2. The van der Waals surface area contributed by atoms with E-state index < -0.39 is 0 Å². The Balaban J connectivity index is 0.00000133. The number of hydrogen-bond donors (Lipinski definition) is 1. The molecule has 7 heteroatoms. The van der Waals surface area contributed by atoms with Crippen molar-refractivity contribution < 1.29 is 14.3 Å². The van der Waals surface area contributed by atoms with Gasteiger partial charge in [-0.05, 0) is 12.1 Å². The Hall–Kier alpha value is -1.95. The number of nitrogens with one attached hydrogen (secondary N) is 1. The molecule has 1 aromatic carbocycles. The van der Waals surface area contributed by atoms with Gasteiger partial charge in [0, 0.05) is 5.56 Å². The molecule has 3 rings (SSSR count). The Kier molecular flexibility index (Phi) is 3.53. The predicted molar refractivity (Wildman–Crippen MR) is 73.4 cm³/mol. The van der Waals surface area contributed by atoms with Crippen molar-refractivity contribution in [2.45, 2.75) is 6.54 Å². The van der Waals surface area contributed by atoms with Crippen LogP contribution in [-0.2, 0) is 11.3 Å². The predicted octanol–water partition coefficient (Wildman–Crippen LogP) is 0.931. The molecule has 0 bridgehead atoms. The molecule has 0 aromatic heterocycles. The van der Waals surface area contributed by atoms with Gasteiger partial charge in [0.1, 0.15) is 6.54 Å². The van der Waals surface area contributed by atoms with Gasteiger partial charge < -0.3 is 14.4 Å². The van der Waals surface area contributed by atoms with Crippen LogP contribution in [0.15, 0.2) is 17.1 Å². The van der Waals surface area contributed by atoms with Crippen LogP contribution in [0.4, 0.5) is 5.69 Å². The van der Waals surface area contributed by atoms with Crippen LogP contribution >= 0.6 is 12.4 Å². The average molecular weight is 284 g/mol. The average Bonchev–Trinajstić information content (AvgIpc) is 2.77. The molecule has 1 N–H and O–H groups in total. The van der Waals surface area contributed by atoms with E-state index in [1.54, 1.807) is 14.2 Å². The van der Waals surface area contributed by atoms with Gasteiger partial charge in [-0.2, -0.15) is 0 Å². The maximum Gasteiger partial charge on any atom is 0.246 e. The van der Waals surface area contributed by atoms with E-state index in [9.17, 15) is 4.79 Å². The van der Waals surface area contributed by atoms with Crippen LogP contribution < -0.4 is 19.7 Å². The summed E-state index contributed by atoms with van der Waals surface area (Å²) in [5.74, 6) is 1.92. The first-order chi connectivity index (χ1) is 8.74. The first-order valence-electron chi connectivity index (χ1n) is 5.60. The van der Waals surface area contributed by atoms with Gasteiger partial charge in [0.25, 0.3) is 0 Å². The normalized spacial score (nSPS) is 15.8. The number of rotatable bonds is 2. The number of hydrogen-bond acceptors (Lipinski definition) is 5. The van der Waals surface area contributed by atoms with Crippen LogP contribution in [0.5, 0.6) is 11.5 Å². The van der Waals surface area contributed by atoms with E-state index in [1.807, 2.05) is 17.0 Å². The van der Waals surface area contributed by atoms with Crippen molar-refractivity contribution in [1.29, 1.82) is 0 Å². The SMILES string of the molecule is COc1ccc2c(c1OC)CN=C1NC(=O)CN12.Cl. The number of ether oxygens (including phenoxy) is 2. The number of guanidine groups is 1. The van der Waals surface area contributed by atoms with Crippen LogP contribution in [0.1, 0.15) is 5.56 Å². The Bertz CT molecular complexity index is 559. The Morgan fingerprint density at radius 1 is 1.32 bits per heavy atom. The fourth-order valence-electron chi connectivity index (χ4n) is 2.31. The van der Waals surface area contributed by atoms with E-state index >= 15 is 0 Å². The lowest BCUT2D eigenvalue weighted by atomic mass is 10.1. The number of fused-ring (bicyclic) bond motifs is 3. The minimum absolute atomic E-state index is 0. The van der Waals surface area contributed by atoms with Gasteiger partial charge in [-0.1, -0.05) is 0 Å². The lowest BCUT2D eigenvalue weighted by Gasteiger charge is -2.26. The molecule has 1 amide bonds. The maximum atomic E-state index is 11.4. The van der Waals surface area contributed by atoms with Gasteiger partial charge in [-0.3, -0.25) is 10.1 Å². The minimum Gasteiger partial charge on any atom is -0.493 e. The summed E-state index contributed by atoms with van der Waals surface area (Å²) in [5.41, 5.74) is 1.88. The van der Waals surface area contributed by atoms with Gasteiger partial charge in [-0.25, -0.2) is 4.99 Å².